The van der Waals surface area contributed by atoms with Crippen molar-refractivity contribution in [1.82, 2.24) is 14.7 Å². The zero-order chi connectivity index (χ0) is 27.9. The number of hydrogen-bond donors (Lipinski definition) is 2. The Hall–Kier alpha value is -3.33. The lowest BCUT2D eigenvalue weighted by molar-refractivity contribution is -0.137. The van der Waals surface area contributed by atoms with Crippen LogP contribution in [-0.4, -0.2) is 44.9 Å². The predicted molar refractivity (Wildman–Crippen MR) is 144 cm³/mol. The summed E-state index contributed by atoms with van der Waals surface area (Å²) in [7, 11) is 0. The summed E-state index contributed by atoms with van der Waals surface area (Å²) in [6.07, 6.45) is -4.86. The summed E-state index contributed by atoms with van der Waals surface area (Å²) in [6, 6.07) is 13.1. The molecule has 0 saturated carbocycles. The van der Waals surface area contributed by atoms with E-state index in [2.05, 4.69) is 16.9 Å². The van der Waals surface area contributed by atoms with Gasteiger partial charge in [-0.15, -0.1) is 11.3 Å². The molecule has 0 atom stereocenters. The van der Waals surface area contributed by atoms with Crippen molar-refractivity contribution in [3.63, 3.8) is 0 Å². The van der Waals surface area contributed by atoms with Gasteiger partial charge >= 0.3 is 6.18 Å². The Morgan fingerprint density at radius 2 is 1.82 bits per heavy atom. The number of aromatic nitrogens is 2. The highest BCUT2D eigenvalue weighted by Crippen LogP contribution is 2.37. The molecule has 6 nitrogen and oxygen atoms in total. The molecule has 1 saturated heterocycles. The molecule has 39 heavy (non-hydrogen) atoms. The van der Waals surface area contributed by atoms with E-state index >= 15 is 0 Å². The predicted octanol–water partition coefficient (Wildman–Crippen LogP) is 5.60. The molecule has 5 rings (SSSR count). The van der Waals surface area contributed by atoms with E-state index in [1.807, 2.05) is 11.0 Å². The highest BCUT2D eigenvalue weighted by Gasteiger charge is 2.31. The Morgan fingerprint density at radius 3 is 2.44 bits per heavy atom. The number of β-amino-alcohol motifs (C(OH)–C–C–N with tert-alkyl or cyclic N) is 1. The first-order chi connectivity index (χ1) is 18.5. The van der Waals surface area contributed by atoms with Gasteiger partial charge in [0.15, 0.2) is 5.69 Å². The van der Waals surface area contributed by atoms with E-state index in [1.54, 1.807) is 28.9 Å². The molecule has 0 radical (unpaired) electrons. The lowest BCUT2D eigenvalue weighted by atomic mass is 10.1. The normalized spacial score (nSPS) is 14.1. The van der Waals surface area contributed by atoms with Gasteiger partial charge in [-0.3, -0.25) is 9.69 Å². The summed E-state index contributed by atoms with van der Waals surface area (Å²) < 4.78 is 40.1. The third-order valence-electron chi connectivity index (χ3n) is 6.06. The van der Waals surface area contributed by atoms with Crippen LogP contribution in [0.5, 0.6) is 0 Å². The molecule has 0 unspecified atom stereocenters. The molecular weight excluding hydrogens is 572 g/mol. The van der Waals surface area contributed by atoms with Crippen LogP contribution in [0.4, 0.5) is 13.2 Å². The van der Waals surface area contributed by atoms with Gasteiger partial charge in [0.2, 0.25) is 0 Å². The number of hydrogen-bond acceptors (Lipinski definition) is 5. The molecule has 3 heterocycles. The Morgan fingerprint density at radius 1 is 1.10 bits per heavy atom. The van der Waals surface area contributed by atoms with Crippen LogP contribution >= 0.6 is 34.5 Å². The highest BCUT2D eigenvalue weighted by molar-refractivity contribution is 7.16. The summed E-state index contributed by atoms with van der Waals surface area (Å²) in [6.45, 7) is 1.21. The topological polar surface area (TPSA) is 84.4 Å². The first-order valence-electron chi connectivity index (χ1n) is 11.6. The maximum atomic E-state index is 12.8. The number of rotatable bonds is 5. The molecular formula is C27H19Cl2F3N4O2S. The van der Waals surface area contributed by atoms with Crippen LogP contribution < -0.4 is 5.73 Å². The number of likely N-dealkylation sites (tertiary alicyclic amines) is 1. The standard InChI is InChI=1S/C27H19Cl2F3N4O2S/c28-17-6-9-22(21(29)11-17)36-25(20(24(34-36)26(33)38)14-35-12-18(37)13-35)23-10-8-19(39-23)7-3-15-1-4-16(5-2-15)27(30,31)32/h1-2,4-6,8-11,18,37H,12-14H2,(H2,33,38). The Bertz CT molecular complexity index is 1610. The van der Waals surface area contributed by atoms with Gasteiger partial charge in [-0.05, 0) is 54.6 Å². The number of aliphatic hydroxyl groups is 1. The summed E-state index contributed by atoms with van der Waals surface area (Å²) in [5.41, 5.74) is 7.11. The van der Waals surface area contributed by atoms with Crippen molar-refractivity contribution < 1.29 is 23.1 Å². The molecule has 2 aromatic carbocycles. The highest BCUT2D eigenvalue weighted by atomic mass is 35.5. The van der Waals surface area contributed by atoms with Crippen LogP contribution in [0.1, 0.15) is 32.1 Å². The molecule has 2 aromatic heterocycles. The number of carbonyl (C=O) groups excluding carboxylic acids is 1. The average Bonchev–Trinajstić information content (AvgIpc) is 3.46. The Balaban J connectivity index is 1.57. The number of thiophene rings is 1. The minimum absolute atomic E-state index is 0.0724. The second kappa shape index (κ2) is 10.7. The van der Waals surface area contributed by atoms with E-state index in [9.17, 15) is 23.1 Å². The van der Waals surface area contributed by atoms with Gasteiger partial charge in [0.1, 0.15) is 0 Å². The van der Waals surface area contributed by atoms with Crippen molar-refractivity contribution in [2.75, 3.05) is 13.1 Å². The maximum absolute atomic E-state index is 12.8. The van der Waals surface area contributed by atoms with Crippen molar-refractivity contribution in [1.29, 1.82) is 0 Å². The molecule has 1 aliphatic heterocycles. The third kappa shape index (κ3) is 5.83. The van der Waals surface area contributed by atoms with Crippen molar-refractivity contribution >= 4 is 40.4 Å². The van der Waals surface area contributed by atoms with E-state index in [0.717, 1.165) is 12.1 Å². The fraction of sp³-hybridized carbons (Fsp3) is 0.185. The smallest absolute Gasteiger partial charge is 0.390 e. The zero-order valence-corrected chi connectivity index (χ0v) is 22.3. The first kappa shape index (κ1) is 27.2. The minimum Gasteiger partial charge on any atom is -0.390 e. The number of benzene rings is 2. The number of aliphatic hydroxyl groups excluding tert-OH is 1. The van der Waals surface area contributed by atoms with Gasteiger partial charge in [-0.25, -0.2) is 4.68 Å². The second-order valence-electron chi connectivity index (χ2n) is 8.88. The van der Waals surface area contributed by atoms with Gasteiger partial charge in [0.25, 0.3) is 5.91 Å². The third-order valence-corrected chi connectivity index (χ3v) is 7.60. The van der Waals surface area contributed by atoms with E-state index in [4.69, 9.17) is 28.9 Å². The van der Waals surface area contributed by atoms with Crippen LogP contribution in [0.2, 0.25) is 10.0 Å². The Kier molecular flexibility index (Phi) is 7.46. The molecule has 0 aliphatic carbocycles. The largest absolute Gasteiger partial charge is 0.416 e. The van der Waals surface area contributed by atoms with Crippen LogP contribution in [0.3, 0.4) is 0 Å². The van der Waals surface area contributed by atoms with Crippen LogP contribution in [-0.2, 0) is 12.7 Å². The quantitative estimate of drug-likeness (QED) is 0.296. The molecule has 0 bridgehead atoms. The second-order valence-corrected chi connectivity index (χ2v) is 10.8. The summed E-state index contributed by atoms with van der Waals surface area (Å²) in [4.78, 5) is 15.8. The summed E-state index contributed by atoms with van der Waals surface area (Å²) >= 11 is 13.9. The van der Waals surface area contributed by atoms with Gasteiger partial charge in [0, 0.05) is 35.8 Å². The van der Waals surface area contributed by atoms with Crippen LogP contribution in [0, 0.1) is 11.8 Å². The van der Waals surface area contributed by atoms with Gasteiger partial charge < -0.3 is 10.8 Å². The summed E-state index contributed by atoms with van der Waals surface area (Å²) in [5.74, 6) is 5.16. The average molecular weight is 591 g/mol. The van der Waals surface area contributed by atoms with E-state index in [-0.39, 0.29) is 5.69 Å². The fourth-order valence-electron chi connectivity index (χ4n) is 4.18. The van der Waals surface area contributed by atoms with Crippen molar-refractivity contribution in [2.24, 2.45) is 5.73 Å². The number of carbonyl (C=O) groups is 1. The molecule has 1 fully saturated rings. The van der Waals surface area contributed by atoms with Crippen LogP contribution in [0.15, 0.2) is 54.6 Å². The number of nitrogens with zero attached hydrogens (tertiary/aromatic N) is 3. The van der Waals surface area contributed by atoms with E-state index in [1.165, 1.54) is 23.5 Å². The fourth-order valence-corrected chi connectivity index (χ4v) is 5.59. The molecule has 4 aromatic rings. The monoisotopic (exact) mass is 590 g/mol. The number of halogens is 5. The number of amides is 1. The lowest BCUT2D eigenvalue weighted by Crippen LogP contribution is -2.50. The molecule has 12 heteroatoms. The van der Waals surface area contributed by atoms with Crippen molar-refractivity contribution in [3.8, 4) is 28.1 Å². The number of nitrogens with two attached hydrogens (primary N) is 1. The first-order valence-corrected chi connectivity index (χ1v) is 13.1. The molecule has 3 N–H and O–H groups in total. The van der Waals surface area contributed by atoms with Gasteiger partial charge in [-0.1, -0.05) is 35.0 Å². The number of primary amides is 1. The van der Waals surface area contributed by atoms with Crippen molar-refractivity contribution in [2.45, 2.75) is 18.8 Å². The molecule has 1 amide bonds. The maximum Gasteiger partial charge on any atom is 0.416 e. The van der Waals surface area contributed by atoms with E-state index < -0.39 is 23.8 Å². The molecule has 200 valence electrons. The minimum atomic E-state index is -4.42. The van der Waals surface area contributed by atoms with Crippen molar-refractivity contribution in [3.05, 3.63) is 91.9 Å². The van der Waals surface area contributed by atoms with Crippen LogP contribution in [0.25, 0.3) is 16.3 Å². The lowest BCUT2D eigenvalue weighted by Gasteiger charge is -2.35. The van der Waals surface area contributed by atoms with E-state index in [0.29, 0.717) is 61.9 Å². The zero-order valence-electron chi connectivity index (χ0n) is 20.0. The molecule has 0 spiro atoms. The van der Waals surface area contributed by atoms with Gasteiger partial charge in [0.05, 0.1) is 37.8 Å². The number of alkyl halides is 3. The summed E-state index contributed by atoms with van der Waals surface area (Å²) in [5, 5.41) is 15.0. The SMILES string of the molecule is NC(=O)c1nn(-c2ccc(Cl)cc2Cl)c(-c2ccc(C#Cc3ccc(C(F)(F)F)cc3)s2)c1CN1CC(O)C1. The molecule has 1 aliphatic rings. The van der Waals surface area contributed by atoms with Gasteiger partial charge in [-0.2, -0.15) is 18.3 Å². The Labute approximate surface area is 235 Å².